The molecular weight excluding hydrogens is 396 g/mol. The number of methoxy groups -OCH3 is 1. The molecule has 4 heterocycles. The first-order valence-corrected chi connectivity index (χ1v) is 11.2. The van der Waals surface area contributed by atoms with Crippen LogP contribution in [0.15, 0.2) is 30.5 Å². The van der Waals surface area contributed by atoms with E-state index in [1.54, 1.807) is 13.3 Å². The van der Waals surface area contributed by atoms with Gasteiger partial charge in [0.2, 0.25) is 0 Å². The Morgan fingerprint density at radius 2 is 2.03 bits per heavy atom. The number of piperidine rings is 3. The normalized spacial score (nSPS) is 27.2. The van der Waals surface area contributed by atoms with Crippen molar-refractivity contribution >= 4 is 21.3 Å². The van der Waals surface area contributed by atoms with Crippen LogP contribution in [0.4, 0.5) is 0 Å². The number of hydrogen-bond acceptors (Lipinski definition) is 6. The molecular formula is C20H28N2O6S. The van der Waals surface area contributed by atoms with Crippen molar-refractivity contribution in [3.63, 3.8) is 0 Å². The van der Waals surface area contributed by atoms with E-state index in [1.807, 2.05) is 24.3 Å². The van der Waals surface area contributed by atoms with Gasteiger partial charge in [0.25, 0.3) is 0 Å². The first kappa shape index (κ1) is 21.9. The number of hydrogen-bond donors (Lipinski definition) is 3. The van der Waals surface area contributed by atoms with Crippen molar-refractivity contribution in [2.45, 2.75) is 38.3 Å². The van der Waals surface area contributed by atoms with E-state index in [-0.39, 0.29) is 6.04 Å². The molecule has 8 nitrogen and oxygen atoms in total. The lowest BCUT2D eigenvalue weighted by Crippen LogP contribution is -2.55. The van der Waals surface area contributed by atoms with Crippen LogP contribution in [0.5, 0.6) is 5.75 Å². The van der Waals surface area contributed by atoms with Gasteiger partial charge in [-0.05, 0) is 61.1 Å². The largest absolute Gasteiger partial charge is 0.497 e. The molecule has 3 N–H and O–H groups in total. The molecule has 2 aromatic rings. The molecule has 9 heteroatoms. The standard InChI is InChI=1S/C20H26N2O2.H2O4S/c1-3-13-12-22-9-7-14(13)10-19(22)20(23)16-6-8-21-18-5-4-15(24-2)11-17(16)18;1-5(2,3)4/h4-6,8,11,13-14,19-20,23H,3,7,9-10,12H2,1-2H3;(H2,1,2,3,4)/t13-,14?,19+,20-;/m1./s1. The minimum atomic E-state index is -4.67. The highest BCUT2D eigenvalue weighted by atomic mass is 32.3. The first-order valence-electron chi connectivity index (χ1n) is 9.76. The number of benzene rings is 1. The number of fused-ring (bicyclic) bond motifs is 4. The van der Waals surface area contributed by atoms with Crippen LogP contribution in [0.1, 0.15) is 37.9 Å². The predicted octanol–water partition coefficient (Wildman–Crippen LogP) is 2.74. The third-order valence-corrected chi connectivity index (χ3v) is 6.13. The molecule has 3 aliphatic rings. The molecule has 160 valence electrons. The molecule has 1 aromatic heterocycles. The van der Waals surface area contributed by atoms with Crippen LogP contribution in [0.25, 0.3) is 10.9 Å². The summed E-state index contributed by atoms with van der Waals surface area (Å²) in [6.45, 7) is 4.55. The van der Waals surface area contributed by atoms with Crippen molar-refractivity contribution in [2.75, 3.05) is 20.2 Å². The summed E-state index contributed by atoms with van der Waals surface area (Å²) in [7, 11) is -3.00. The van der Waals surface area contributed by atoms with E-state index in [0.717, 1.165) is 53.6 Å². The molecule has 0 saturated carbocycles. The van der Waals surface area contributed by atoms with Crippen molar-refractivity contribution in [2.24, 2.45) is 11.8 Å². The van der Waals surface area contributed by atoms with E-state index in [2.05, 4.69) is 16.8 Å². The van der Waals surface area contributed by atoms with Gasteiger partial charge in [0.1, 0.15) is 5.75 Å². The van der Waals surface area contributed by atoms with Gasteiger partial charge in [-0.25, -0.2) is 0 Å². The second-order valence-corrected chi connectivity index (χ2v) is 8.59. The number of aromatic nitrogens is 1. The highest BCUT2D eigenvalue weighted by Crippen LogP contribution is 2.42. The Bertz CT molecular complexity index is 943. The minimum absolute atomic E-state index is 0.225. The van der Waals surface area contributed by atoms with Crippen LogP contribution in [0.3, 0.4) is 0 Å². The van der Waals surface area contributed by atoms with Gasteiger partial charge in [-0.2, -0.15) is 8.42 Å². The van der Waals surface area contributed by atoms with Gasteiger partial charge in [-0.3, -0.25) is 19.0 Å². The van der Waals surface area contributed by atoms with Crippen LogP contribution in [-0.2, 0) is 10.4 Å². The maximum absolute atomic E-state index is 11.2. The van der Waals surface area contributed by atoms with E-state index < -0.39 is 16.5 Å². The zero-order chi connectivity index (χ0) is 21.2. The molecule has 5 atom stereocenters. The lowest BCUT2D eigenvalue weighted by molar-refractivity contribution is -0.0562. The Morgan fingerprint density at radius 3 is 2.62 bits per heavy atom. The lowest BCUT2D eigenvalue weighted by Gasteiger charge is -2.51. The van der Waals surface area contributed by atoms with Gasteiger partial charge in [0.15, 0.2) is 0 Å². The Balaban J connectivity index is 0.000000431. The van der Waals surface area contributed by atoms with E-state index in [9.17, 15) is 5.11 Å². The Morgan fingerprint density at radius 1 is 1.31 bits per heavy atom. The van der Waals surface area contributed by atoms with Crippen LogP contribution in [0, 0.1) is 11.8 Å². The van der Waals surface area contributed by atoms with Gasteiger partial charge in [0, 0.05) is 24.2 Å². The van der Waals surface area contributed by atoms with E-state index in [0.29, 0.717) is 0 Å². The fourth-order valence-corrected chi connectivity index (χ4v) is 4.71. The van der Waals surface area contributed by atoms with E-state index in [4.69, 9.17) is 22.3 Å². The van der Waals surface area contributed by atoms with Crippen LogP contribution >= 0.6 is 0 Å². The summed E-state index contributed by atoms with van der Waals surface area (Å²) in [6.07, 6.45) is 4.97. The summed E-state index contributed by atoms with van der Waals surface area (Å²) in [5.74, 6) is 2.37. The van der Waals surface area contributed by atoms with Gasteiger partial charge in [-0.1, -0.05) is 13.3 Å². The van der Waals surface area contributed by atoms with Gasteiger partial charge >= 0.3 is 10.4 Å². The summed E-state index contributed by atoms with van der Waals surface area (Å²) in [5.41, 5.74) is 1.89. The summed E-state index contributed by atoms with van der Waals surface area (Å²) in [4.78, 5) is 6.94. The number of nitrogens with zero attached hydrogens (tertiary/aromatic N) is 2. The quantitative estimate of drug-likeness (QED) is 0.641. The fraction of sp³-hybridized carbons (Fsp3) is 0.550. The topological polar surface area (TPSA) is 120 Å². The molecule has 0 spiro atoms. The molecule has 3 aliphatic heterocycles. The molecule has 2 bridgehead atoms. The van der Waals surface area contributed by atoms with Gasteiger partial charge < -0.3 is 9.84 Å². The summed E-state index contributed by atoms with van der Waals surface area (Å²) in [6, 6.07) is 8.07. The van der Waals surface area contributed by atoms with Crippen molar-refractivity contribution in [3.8, 4) is 5.75 Å². The van der Waals surface area contributed by atoms with E-state index >= 15 is 0 Å². The molecule has 1 aromatic carbocycles. The maximum atomic E-state index is 11.2. The van der Waals surface area contributed by atoms with Crippen molar-refractivity contribution < 1.29 is 27.4 Å². The highest BCUT2D eigenvalue weighted by Gasteiger charge is 2.42. The molecule has 5 rings (SSSR count). The van der Waals surface area contributed by atoms with Crippen LogP contribution < -0.4 is 4.74 Å². The molecule has 0 amide bonds. The molecule has 0 radical (unpaired) electrons. The number of ether oxygens (including phenoxy) is 1. The highest BCUT2D eigenvalue weighted by molar-refractivity contribution is 7.79. The van der Waals surface area contributed by atoms with Gasteiger partial charge in [0.05, 0.1) is 18.7 Å². The lowest BCUT2D eigenvalue weighted by atomic mass is 9.72. The second-order valence-electron chi connectivity index (χ2n) is 7.69. The zero-order valence-corrected chi connectivity index (χ0v) is 17.4. The average molecular weight is 425 g/mol. The summed E-state index contributed by atoms with van der Waals surface area (Å²) in [5, 5.41) is 12.2. The summed E-state index contributed by atoms with van der Waals surface area (Å²) < 4.78 is 36.9. The van der Waals surface area contributed by atoms with Crippen molar-refractivity contribution in [3.05, 3.63) is 36.0 Å². The molecule has 2 unspecified atom stereocenters. The number of aliphatic hydroxyl groups is 1. The SMILES string of the molecule is CC[C@@H]1CN2CCC1C[C@H]2[C@H](O)c1ccnc2ccc(OC)cc12.O=S(=O)(O)O. The third-order valence-electron chi connectivity index (χ3n) is 6.13. The Kier molecular flexibility index (Phi) is 6.75. The number of rotatable bonds is 4. The smallest absolute Gasteiger partial charge is 0.394 e. The molecule has 0 aliphatic carbocycles. The maximum Gasteiger partial charge on any atom is 0.394 e. The third kappa shape index (κ3) is 5.23. The number of aliphatic hydroxyl groups excluding tert-OH is 1. The van der Waals surface area contributed by atoms with Crippen LogP contribution in [0.2, 0.25) is 0 Å². The van der Waals surface area contributed by atoms with Crippen LogP contribution in [-0.4, -0.2) is 58.8 Å². The Hall–Kier alpha value is -1.78. The zero-order valence-electron chi connectivity index (χ0n) is 16.6. The van der Waals surface area contributed by atoms with Gasteiger partial charge in [-0.15, -0.1) is 0 Å². The monoisotopic (exact) mass is 424 g/mol. The Labute approximate surface area is 171 Å². The first-order chi connectivity index (χ1) is 13.7. The summed E-state index contributed by atoms with van der Waals surface area (Å²) >= 11 is 0. The van der Waals surface area contributed by atoms with Crippen molar-refractivity contribution in [1.82, 2.24) is 9.88 Å². The average Bonchev–Trinajstić information content (AvgIpc) is 2.71. The molecule has 29 heavy (non-hydrogen) atoms. The number of pyridine rings is 1. The van der Waals surface area contributed by atoms with Crippen molar-refractivity contribution in [1.29, 1.82) is 0 Å². The minimum Gasteiger partial charge on any atom is -0.497 e. The molecule has 3 saturated heterocycles. The fourth-order valence-electron chi connectivity index (χ4n) is 4.71. The molecule has 3 fully saturated rings. The van der Waals surface area contributed by atoms with E-state index in [1.165, 1.54) is 12.8 Å². The second kappa shape index (κ2) is 8.93. The predicted molar refractivity (Wildman–Crippen MR) is 109 cm³/mol.